The van der Waals surface area contributed by atoms with Gasteiger partial charge in [-0.25, -0.2) is 0 Å². The van der Waals surface area contributed by atoms with Gasteiger partial charge in [-0.1, -0.05) is 24.6 Å². The van der Waals surface area contributed by atoms with E-state index in [0.29, 0.717) is 18.5 Å². The van der Waals surface area contributed by atoms with Crippen molar-refractivity contribution in [3.05, 3.63) is 35.4 Å². The molecule has 138 valence electrons. The van der Waals surface area contributed by atoms with Gasteiger partial charge in [0.2, 0.25) is 5.91 Å². The zero-order chi connectivity index (χ0) is 17.9. The lowest BCUT2D eigenvalue weighted by molar-refractivity contribution is -0.137. The van der Waals surface area contributed by atoms with E-state index in [1.54, 1.807) is 6.07 Å². The van der Waals surface area contributed by atoms with Gasteiger partial charge in [0.1, 0.15) is 0 Å². The second-order valence-corrected chi connectivity index (χ2v) is 8.07. The standard InChI is InChI=1S/C18H23F3N2OS/c19-18(20,21)14-4-1-3-13(9-14)17(5-2-6-17)12-23-16(24)10-15-11-25-8-7-22-15/h1,3-4,9,15,22H,2,5-8,10-12H2,(H,23,24). The van der Waals surface area contributed by atoms with Crippen LogP contribution in [0.2, 0.25) is 0 Å². The number of benzene rings is 1. The van der Waals surface area contributed by atoms with Crippen molar-refractivity contribution in [2.24, 2.45) is 0 Å². The minimum absolute atomic E-state index is 0.0294. The van der Waals surface area contributed by atoms with Crippen molar-refractivity contribution in [1.82, 2.24) is 10.6 Å². The van der Waals surface area contributed by atoms with Crippen LogP contribution in [0.4, 0.5) is 13.2 Å². The third kappa shape index (κ3) is 4.50. The Labute approximate surface area is 150 Å². The van der Waals surface area contributed by atoms with Crippen molar-refractivity contribution in [2.45, 2.75) is 43.3 Å². The summed E-state index contributed by atoms with van der Waals surface area (Å²) < 4.78 is 38.9. The molecule has 1 saturated heterocycles. The number of halogens is 3. The molecule has 1 saturated carbocycles. The number of carbonyl (C=O) groups is 1. The van der Waals surface area contributed by atoms with Gasteiger partial charge < -0.3 is 10.6 Å². The van der Waals surface area contributed by atoms with Crippen LogP contribution in [0.25, 0.3) is 0 Å². The van der Waals surface area contributed by atoms with E-state index in [2.05, 4.69) is 10.6 Å². The molecule has 1 aromatic carbocycles. The Bertz CT molecular complexity index is 611. The lowest BCUT2D eigenvalue weighted by Crippen LogP contribution is -2.47. The van der Waals surface area contributed by atoms with Gasteiger partial charge in [0.25, 0.3) is 0 Å². The van der Waals surface area contributed by atoms with Gasteiger partial charge in [0.05, 0.1) is 5.56 Å². The minimum Gasteiger partial charge on any atom is -0.355 e. The van der Waals surface area contributed by atoms with Gasteiger partial charge in [-0.3, -0.25) is 4.79 Å². The van der Waals surface area contributed by atoms with Crippen LogP contribution >= 0.6 is 11.8 Å². The summed E-state index contributed by atoms with van der Waals surface area (Å²) in [4.78, 5) is 12.2. The van der Waals surface area contributed by atoms with E-state index in [-0.39, 0.29) is 17.4 Å². The van der Waals surface area contributed by atoms with Crippen molar-refractivity contribution < 1.29 is 18.0 Å². The van der Waals surface area contributed by atoms with Gasteiger partial charge >= 0.3 is 6.18 Å². The maximum absolute atomic E-state index is 13.0. The second-order valence-electron chi connectivity index (χ2n) is 6.92. The zero-order valence-electron chi connectivity index (χ0n) is 14.0. The van der Waals surface area contributed by atoms with E-state index in [1.807, 2.05) is 11.8 Å². The number of rotatable bonds is 5. The van der Waals surface area contributed by atoms with Crippen molar-refractivity contribution >= 4 is 17.7 Å². The molecule has 2 N–H and O–H groups in total. The Hall–Kier alpha value is -1.21. The molecule has 3 rings (SSSR count). The highest BCUT2D eigenvalue weighted by Crippen LogP contribution is 2.44. The number of alkyl halides is 3. The summed E-state index contributed by atoms with van der Waals surface area (Å²) in [5.74, 6) is 1.96. The fourth-order valence-electron chi connectivity index (χ4n) is 3.51. The third-order valence-corrected chi connectivity index (χ3v) is 6.30. The molecule has 2 fully saturated rings. The predicted molar refractivity (Wildman–Crippen MR) is 93.7 cm³/mol. The van der Waals surface area contributed by atoms with Crippen molar-refractivity contribution in [2.75, 3.05) is 24.6 Å². The first-order valence-corrected chi connectivity index (χ1v) is 9.80. The molecular weight excluding hydrogens is 349 g/mol. The van der Waals surface area contributed by atoms with Gasteiger partial charge in [-0.15, -0.1) is 0 Å². The van der Waals surface area contributed by atoms with Crippen molar-refractivity contribution in [1.29, 1.82) is 0 Å². The Balaban J connectivity index is 1.62. The van der Waals surface area contributed by atoms with E-state index in [9.17, 15) is 18.0 Å². The Morgan fingerprint density at radius 2 is 2.16 bits per heavy atom. The van der Waals surface area contributed by atoms with Crippen LogP contribution in [0, 0.1) is 0 Å². The van der Waals surface area contributed by atoms with E-state index < -0.39 is 11.7 Å². The summed E-state index contributed by atoms with van der Waals surface area (Å²) in [7, 11) is 0. The molecule has 1 heterocycles. The fourth-order valence-corrected chi connectivity index (χ4v) is 4.46. The maximum atomic E-state index is 13.0. The average Bonchev–Trinajstić information content (AvgIpc) is 2.54. The van der Waals surface area contributed by atoms with Gasteiger partial charge in [-0.2, -0.15) is 24.9 Å². The molecule has 25 heavy (non-hydrogen) atoms. The molecule has 1 atom stereocenters. The molecule has 1 unspecified atom stereocenters. The molecule has 1 aliphatic carbocycles. The second kappa shape index (κ2) is 7.58. The van der Waals surface area contributed by atoms with Gasteiger partial charge in [-0.05, 0) is 24.5 Å². The zero-order valence-corrected chi connectivity index (χ0v) is 14.8. The van der Waals surface area contributed by atoms with Crippen molar-refractivity contribution in [3.63, 3.8) is 0 Å². The predicted octanol–water partition coefficient (Wildman–Crippen LogP) is 3.34. The summed E-state index contributed by atoms with van der Waals surface area (Å²) in [5.41, 5.74) is -0.294. The van der Waals surface area contributed by atoms with Crippen LogP contribution in [0.5, 0.6) is 0 Å². The highest BCUT2D eigenvalue weighted by molar-refractivity contribution is 7.99. The normalized spacial score (nSPS) is 22.9. The van der Waals surface area contributed by atoms with Crippen LogP contribution in [-0.4, -0.2) is 36.5 Å². The summed E-state index contributed by atoms with van der Waals surface area (Å²) in [6.07, 6.45) is -1.31. The Kier molecular flexibility index (Phi) is 5.63. The SMILES string of the molecule is O=C(CC1CSCCN1)NCC1(c2cccc(C(F)(F)F)c2)CCC1. The molecule has 1 amide bonds. The van der Waals surface area contributed by atoms with Crippen LogP contribution in [0.3, 0.4) is 0 Å². The van der Waals surface area contributed by atoms with E-state index in [1.165, 1.54) is 12.1 Å². The number of nitrogens with one attached hydrogen (secondary N) is 2. The number of hydrogen-bond acceptors (Lipinski definition) is 3. The number of carbonyl (C=O) groups excluding carboxylic acids is 1. The lowest BCUT2D eigenvalue weighted by atomic mass is 9.64. The molecule has 0 radical (unpaired) electrons. The van der Waals surface area contributed by atoms with E-state index in [4.69, 9.17) is 0 Å². The van der Waals surface area contributed by atoms with Crippen LogP contribution in [0.1, 0.15) is 36.8 Å². The molecule has 0 spiro atoms. The van der Waals surface area contributed by atoms with E-state index >= 15 is 0 Å². The Morgan fingerprint density at radius 1 is 1.36 bits per heavy atom. The number of hydrogen-bond donors (Lipinski definition) is 2. The molecule has 1 aliphatic heterocycles. The maximum Gasteiger partial charge on any atom is 0.416 e. The summed E-state index contributed by atoms with van der Waals surface area (Å²) in [6, 6.07) is 5.74. The monoisotopic (exact) mass is 372 g/mol. The van der Waals surface area contributed by atoms with Crippen LogP contribution < -0.4 is 10.6 Å². The Morgan fingerprint density at radius 3 is 2.76 bits per heavy atom. The highest BCUT2D eigenvalue weighted by atomic mass is 32.2. The van der Waals surface area contributed by atoms with Crippen molar-refractivity contribution in [3.8, 4) is 0 Å². The summed E-state index contributed by atoms with van der Waals surface area (Å²) in [5, 5.41) is 6.28. The quantitative estimate of drug-likeness (QED) is 0.833. The molecule has 1 aromatic rings. The summed E-state index contributed by atoms with van der Waals surface area (Å²) in [6.45, 7) is 1.32. The fraction of sp³-hybridized carbons (Fsp3) is 0.611. The largest absolute Gasteiger partial charge is 0.416 e. The van der Waals surface area contributed by atoms with Gasteiger partial charge in [0.15, 0.2) is 0 Å². The highest BCUT2D eigenvalue weighted by Gasteiger charge is 2.40. The van der Waals surface area contributed by atoms with Crippen LogP contribution in [-0.2, 0) is 16.4 Å². The molecule has 0 aromatic heterocycles. The van der Waals surface area contributed by atoms with E-state index in [0.717, 1.165) is 43.4 Å². The lowest BCUT2D eigenvalue weighted by Gasteiger charge is -2.43. The smallest absolute Gasteiger partial charge is 0.355 e. The number of amides is 1. The molecular formula is C18H23F3N2OS. The first kappa shape index (κ1) is 18.6. The molecule has 0 bridgehead atoms. The average molecular weight is 372 g/mol. The minimum atomic E-state index is -4.34. The van der Waals surface area contributed by atoms with Crippen LogP contribution in [0.15, 0.2) is 24.3 Å². The molecule has 3 nitrogen and oxygen atoms in total. The summed E-state index contributed by atoms with van der Waals surface area (Å²) >= 11 is 1.84. The first-order valence-electron chi connectivity index (χ1n) is 8.65. The topological polar surface area (TPSA) is 41.1 Å². The number of thioether (sulfide) groups is 1. The molecule has 7 heteroatoms. The molecule has 2 aliphatic rings. The third-order valence-electron chi connectivity index (χ3n) is 5.17. The van der Waals surface area contributed by atoms with Gasteiger partial charge in [0, 0.05) is 42.5 Å². The first-order chi connectivity index (χ1) is 11.9.